The van der Waals surface area contributed by atoms with Crippen LogP contribution >= 0.6 is 0 Å². The third kappa shape index (κ3) is 2.42. The third-order valence-electron chi connectivity index (χ3n) is 2.51. The van der Waals surface area contributed by atoms with Crippen LogP contribution in [-0.2, 0) is 0 Å². The summed E-state index contributed by atoms with van der Waals surface area (Å²) in [5.41, 5.74) is -0.526. The average molecular weight is 261 g/mol. The lowest BCUT2D eigenvalue weighted by Gasteiger charge is -2.07. The lowest BCUT2D eigenvalue weighted by atomic mass is 10.0. The van der Waals surface area contributed by atoms with E-state index in [0.717, 1.165) is 18.2 Å². The van der Waals surface area contributed by atoms with Gasteiger partial charge in [0.1, 0.15) is 5.82 Å². The zero-order valence-corrected chi connectivity index (χ0v) is 9.50. The van der Waals surface area contributed by atoms with E-state index in [9.17, 15) is 14.0 Å². The summed E-state index contributed by atoms with van der Waals surface area (Å²) in [6.07, 6.45) is 1.27. The highest BCUT2D eigenvalue weighted by Gasteiger charge is 2.17. The van der Waals surface area contributed by atoms with Crippen molar-refractivity contribution in [2.24, 2.45) is 0 Å². The first kappa shape index (κ1) is 12.7. The molecule has 1 heterocycles. The van der Waals surface area contributed by atoms with Crippen LogP contribution < -0.4 is 0 Å². The second-order valence-corrected chi connectivity index (χ2v) is 3.70. The van der Waals surface area contributed by atoms with E-state index in [0.29, 0.717) is 0 Å². The number of hydrogen-bond acceptors (Lipinski definition) is 3. The Bertz CT molecular complexity index is 669. The summed E-state index contributed by atoms with van der Waals surface area (Å²) in [5, 5.41) is 17.9. The maximum absolute atomic E-state index is 13.7. The van der Waals surface area contributed by atoms with Crippen molar-refractivity contribution in [3.8, 4) is 11.1 Å². The monoisotopic (exact) mass is 261 g/mol. The number of carboxylic acids is 2. The van der Waals surface area contributed by atoms with Gasteiger partial charge in [0.25, 0.3) is 0 Å². The van der Waals surface area contributed by atoms with E-state index in [1.807, 2.05) is 0 Å². The molecule has 2 N–H and O–H groups in total. The van der Waals surface area contributed by atoms with Gasteiger partial charge in [-0.3, -0.25) is 0 Å². The van der Waals surface area contributed by atoms with Crippen LogP contribution in [0.4, 0.5) is 4.39 Å². The van der Waals surface area contributed by atoms with E-state index in [4.69, 9.17) is 10.2 Å². The SMILES string of the molecule is O=C(O)c1ccc(F)c(-c2cccnc2C(=O)O)c1. The first-order valence-electron chi connectivity index (χ1n) is 5.22. The third-order valence-corrected chi connectivity index (χ3v) is 2.51. The smallest absolute Gasteiger partial charge is 0.355 e. The number of nitrogens with zero attached hydrogens (tertiary/aromatic N) is 1. The van der Waals surface area contributed by atoms with E-state index < -0.39 is 17.8 Å². The number of aromatic carboxylic acids is 2. The van der Waals surface area contributed by atoms with Crippen LogP contribution in [0, 0.1) is 5.82 Å². The lowest BCUT2D eigenvalue weighted by molar-refractivity contribution is 0.0684. The zero-order valence-electron chi connectivity index (χ0n) is 9.50. The van der Waals surface area contributed by atoms with E-state index in [2.05, 4.69) is 4.98 Å². The van der Waals surface area contributed by atoms with Crippen molar-refractivity contribution >= 4 is 11.9 Å². The molecule has 6 heteroatoms. The molecule has 0 fully saturated rings. The highest BCUT2D eigenvalue weighted by atomic mass is 19.1. The van der Waals surface area contributed by atoms with Crippen LogP contribution in [0.3, 0.4) is 0 Å². The number of carboxylic acid groups (broad SMARTS) is 2. The number of aromatic nitrogens is 1. The molecule has 0 radical (unpaired) electrons. The molecule has 0 aliphatic rings. The molecule has 0 amide bonds. The quantitative estimate of drug-likeness (QED) is 0.884. The van der Waals surface area contributed by atoms with Crippen molar-refractivity contribution in [2.75, 3.05) is 0 Å². The minimum absolute atomic E-state index is 0.0376. The lowest BCUT2D eigenvalue weighted by Crippen LogP contribution is -2.04. The van der Waals surface area contributed by atoms with Crippen molar-refractivity contribution in [1.82, 2.24) is 4.98 Å². The largest absolute Gasteiger partial charge is 0.478 e. The van der Waals surface area contributed by atoms with Crippen molar-refractivity contribution in [3.63, 3.8) is 0 Å². The number of carbonyl (C=O) groups is 2. The molecule has 5 nitrogen and oxygen atoms in total. The van der Waals surface area contributed by atoms with Crippen LogP contribution in [0.2, 0.25) is 0 Å². The number of benzene rings is 1. The van der Waals surface area contributed by atoms with Gasteiger partial charge in [-0.1, -0.05) is 6.07 Å². The molecule has 0 unspecified atom stereocenters. The van der Waals surface area contributed by atoms with Crippen LogP contribution in [0.1, 0.15) is 20.8 Å². The van der Waals surface area contributed by atoms with Gasteiger partial charge < -0.3 is 10.2 Å². The predicted molar refractivity (Wildman–Crippen MR) is 63.5 cm³/mol. The van der Waals surface area contributed by atoms with Crippen molar-refractivity contribution in [2.45, 2.75) is 0 Å². The van der Waals surface area contributed by atoms with E-state index in [-0.39, 0.29) is 22.4 Å². The van der Waals surface area contributed by atoms with Gasteiger partial charge in [0.05, 0.1) is 5.56 Å². The number of hydrogen-bond donors (Lipinski definition) is 2. The van der Waals surface area contributed by atoms with Gasteiger partial charge in [-0.15, -0.1) is 0 Å². The Morgan fingerprint density at radius 3 is 2.42 bits per heavy atom. The van der Waals surface area contributed by atoms with Crippen LogP contribution in [0.15, 0.2) is 36.5 Å². The summed E-state index contributed by atoms with van der Waals surface area (Å²) in [6.45, 7) is 0. The van der Waals surface area contributed by atoms with E-state index in [1.54, 1.807) is 0 Å². The fourth-order valence-electron chi connectivity index (χ4n) is 1.66. The molecule has 0 aliphatic carbocycles. The number of pyridine rings is 1. The molecule has 1 aromatic heterocycles. The van der Waals surface area contributed by atoms with E-state index >= 15 is 0 Å². The van der Waals surface area contributed by atoms with Gasteiger partial charge in [0.15, 0.2) is 5.69 Å². The molecule has 0 saturated carbocycles. The molecule has 2 rings (SSSR count). The first-order chi connectivity index (χ1) is 9.00. The van der Waals surface area contributed by atoms with Gasteiger partial charge in [-0.05, 0) is 24.3 Å². The van der Waals surface area contributed by atoms with Gasteiger partial charge in [-0.25, -0.2) is 19.0 Å². The molecule has 0 spiro atoms. The molecule has 2 aromatic rings. The van der Waals surface area contributed by atoms with E-state index in [1.165, 1.54) is 18.3 Å². The minimum atomic E-state index is -1.31. The Hall–Kier alpha value is -2.76. The first-order valence-corrected chi connectivity index (χ1v) is 5.22. The number of halogens is 1. The molecule has 96 valence electrons. The van der Waals surface area contributed by atoms with Gasteiger partial charge in [-0.2, -0.15) is 0 Å². The summed E-state index contributed by atoms with van der Waals surface area (Å²) in [7, 11) is 0. The zero-order chi connectivity index (χ0) is 14.0. The number of rotatable bonds is 3. The average Bonchev–Trinajstić information content (AvgIpc) is 2.39. The molecule has 0 bridgehead atoms. The second kappa shape index (κ2) is 4.85. The van der Waals surface area contributed by atoms with Gasteiger partial charge >= 0.3 is 11.9 Å². The Morgan fingerprint density at radius 1 is 1.05 bits per heavy atom. The maximum Gasteiger partial charge on any atom is 0.355 e. The molecular weight excluding hydrogens is 253 g/mol. The van der Waals surface area contributed by atoms with Crippen molar-refractivity contribution in [3.05, 3.63) is 53.6 Å². The van der Waals surface area contributed by atoms with Crippen LogP contribution in [-0.4, -0.2) is 27.1 Å². The fraction of sp³-hybridized carbons (Fsp3) is 0. The Balaban J connectivity index is 2.68. The standard InChI is InChI=1S/C13H8FNO4/c14-10-4-3-7(12(16)17)6-9(10)8-2-1-5-15-11(8)13(18)19/h1-6H,(H,16,17)(H,18,19). The highest BCUT2D eigenvalue weighted by Crippen LogP contribution is 2.26. The summed E-state index contributed by atoms with van der Waals surface area (Å²) in [6, 6.07) is 6.01. The molecule has 0 saturated heterocycles. The summed E-state index contributed by atoms with van der Waals surface area (Å²) >= 11 is 0. The fourth-order valence-corrected chi connectivity index (χ4v) is 1.66. The summed E-state index contributed by atoms with van der Waals surface area (Å²) in [4.78, 5) is 25.5. The molecule has 19 heavy (non-hydrogen) atoms. The van der Waals surface area contributed by atoms with Crippen LogP contribution in [0.5, 0.6) is 0 Å². The maximum atomic E-state index is 13.7. The Morgan fingerprint density at radius 2 is 1.79 bits per heavy atom. The van der Waals surface area contributed by atoms with Crippen molar-refractivity contribution in [1.29, 1.82) is 0 Å². The highest BCUT2D eigenvalue weighted by molar-refractivity contribution is 5.95. The second-order valence-electron chi connectivity index (χ2n) is 3.70. The molecule has 0 aliphatic heterocycles. The molecule has 0 atom stereocenters. The predicted octanol–water partition coefficient (Wildman–Crippen LogP) is 2.28. The summed E-state index contributed by atoms with van der Waals surface area (Å²) < 4.78 is 13.7. The minimum Gasteiger partial charge on any atom is -0.478 e. The van der Waals surface area contributed by atoms with Crippen molar-refractivity contribution < 1.29 is 24.2 Å². The normalized spacial score (nSPS) is 10.2. The van der Waals surface area contributed by atoms with Crippen LogP contribution in [0.25, 0.3) is 11.1 Å². The summed E-state index contributed by atoms with van der Waals surface area (Å²) in [5.74, 6) is -3.24. The molecule has 1 aromatic carbocycles. The molecular formula is C13H8FNO4. The van der Waals surface area contributed by atoms with Gasteiger partial charge in [0.2, 0.25) is 0 Å². The van der Waals surface area contributed by atoms with Gasteiger partial charge in [0, 0.05) is 17.3 Å². The Labute approximate surface area is 107 Å². The topological polar surface area (TPSA) is 87.5 Å². The Kier molecular flexibility index (Phi) is 3.24.